The van der Waals surface area contributed by atoms with Gasteiger partial charge < -0.3 is 28.3 Å². The van der Waals surface area contributed by atoms with Crippen LogP contribution in [0.5, 0.6) is 0 Å². The topological polar surface area (TPSA) is 163 Å². The van der Waals surface area contributed by atoms with Crippen molar-refractivity contribution in [2.75, 3.05) is 19.6 Å². The number of amides is 1. The molecule has 9 N–H and O–H groups in total. The zero-order valence-electron chi connectivity index (χ0n) is 10.4. The van der Waals surface area contributed by atoms with Crippen molar-refractivity contribution in [3.05, 3.63) is 0 Å². The molecule has 104 valence electrons. The lowest BCUT2D eigenvalue weighted by molar-refractivity contribution is -0.127. The fourth-order valence-electron chi connectivity index (χ4n) is 1.36. The average Bonchev–Trinajstić information content (AvgIpc) is 2.32. The second kappa shape index (κ2) is 9.37. The van der Waals surface area contributed by atoms with Crippen molar-refractivity contribution in [3.8, 4) is 0 Å². The maximum Gasteiger partial charge on any atom is 0.221 e. The van der Waals surface area contributed by atoms with E-state index in [4.69, 9.17) is 22.9 Å². The van der Waals surface area contributed by atoms with Gasteiger partial charge in [-0.05, 0) is 12.8 Å². The Morgan fingerprint density at radius 3 is 2.39 bits per heavy atom. The minimum absolute atomic E-state index is 0.00358. The zero-order chi connectivity index (χ0) is 14.0. The molecule has 8 heteroatoms. The van der Waals surface area contributed by atoms with E-state index < -0.39 is 6.04 Å². The van der Waals surface area contributed by atoms with Crippen molar-refractivity contribution < 1.29 is 9.59 Å². The Balaban J connectivity index is 4.19. The van der Waals surface area contributed by atoms with Crippen LogP contribution in [-0.4, -0.2) is 43.3 Å². The van der Waals surface area contributed by atoms with Crippen LogP contribution in [0.4, 0.5) is 0 Å². The van der Waals surface area contributed by atoms with Gasteiger partial charge in [-0.3, -0.25) is 14.6 Å². The summed E-state index contributed by atoms with van der Waals surface area (Å²) < 4.78 is 0. The molecule has 0 aromatic carbocycles. The quantitative estimate of drug-likeness (QED) is 0.173. The number of hydrogen-bond donors (Lipinski definition) is 5. The largest absolute Gasteiger partial charge is 0.370 e. The highest BCUT2D eigenvalue weighted by Crippen LogP contribution is 2.00. The number of nitrogens with zero attached hydrogens (tertiary/aromatic N) is 1. The molecule has 18 heavy (non-hydrogen) atoms. The van der Waals surface area contributed by atoms with Gasteiger partial charge in [0.15, 0.2) is 11.7 Å². The van der Waals surface area contributed by atoms with E-state index in [1.165, 1.54) is 0 Å². The molecule has 0 aliphatic rings. The van der Waals surface area contributed by atoms with Gasteiger partial charge >= 0.3 is 0 Å². The molecule has 0 saturated carbocycles. The summed E-state index contributed by atoms with van der Waals surface area (Å²) >= 11 is 0. The number of rotatable bonds is 9. The molecule has 0 radical (unpaired) electrons. The Bertz CT molecular complexity index is 301. The number of guanidine groups is 1. The molecule has 0 bridgehead atoms. The van der Waals surface area contributed by atoms with Crippen LogP contribution < -0.4 is 28.3 Å². The third kappa shape index (κ3) is 7.58. The van der Waals surface area contributed by atoms with Crippen molar-refractivity contribution in [1.29, 1.82) is 0 Å². The highest BCUT2D eigenvalue weighted by atomic mass is 16.2. The van der Waals surface area contributed by atoms with Crippen LogP contribution in [0.25, 0.3) is 0 Å². The second-order valence-electron chi connectivity index (χ2n) is 3.78. The first-order chi connectivity index (χ1) is 8.51. The zero-order valence-corrected chi connectivity index (χ0v) is 10.4. The van der Waals surface area contributed by atoms with E-state index in [-0.39, 0.29) is 37.2 Å². The maximum atomic E-state index is 11.5. The summed E-state index contributed by atoms with van der Waals surface area (Å²) in [5.41, 5.74) is 20.9. The fourth-order valence-corrected chi connectivity index (χ4v) is 1.36. The number of Topliss-reactive ketones (excluding diaryl/α,β-unsaturated/α-hetero) is 1. The Morgan fingerprint density at radius 2 is 1.89 bits per heavy atom. The lowest BCUT2D eigenvalue weighted by Crippen LogP contribution is -2.44. The predicted octanol–water partition coefficient (Wildman–Crippen LogP) is -2.60. The first-order valence-electron chi connectivity index (χ1n) is 5.78. The van der Waals surface area contributed by atoms with E-state index in [0.717, 1.165) is 0 Å². The first-order valence-corrected chi connectivity index (χ1v) is 5.78. The van der Waals surface area contributed by atoms with Gasteiger partial charge in [-0.15, -0.1) is 0 Å². The van der Waals surface area contributed by atoms with E-state index in [1.54, 1.807) is 0 Å². The van der Waals surface area contributed by atoms with E-state index in [0.29, 0.717) is 19.4 Å². The molecule has 8 nitrogen and oxygen atoms in total. The van der Waals surface area contributed by atoms with Crippen LogP contribution in [0.1, 0.15) is 19.3 Å². The molecule has 0 spiro atoms. The van der Waals surface area contributed by atoms with Crippen molar-refractivity contribution >= 4 is 17.6 Å². The molecular weight excluding hydrogens is 236 g/mol. The highest BCUT2D eigenvalue weighted by Gasteiger charge is 2.18. The fraction of sp³-hybridized carbons (Fsp3) is 0.700. The summed E-state index contributed by atoms with van der Waals surface area (Å²) in [5, 5.41) is 2.60. The number of carbonyl (C=O) groups excluding carboxylic acids is 2. The molecular formula is C10H22N6O2. The summed E-state index contributed by atoms with van der Waals surface area (Å²) in [7, 11) is 0. The van der Waals surface area contributed by atoms with Crippen LogP contribution in [0.3, 0.4) is 0 Å². The molecule has 1 unspecified atom stereocenters. The van der Waals surface area contributed by atoms with E-state index in [2.05, 4.69) is 10.3 Å². The van der Waals surface area contributed by atoms with Gasteiger partial charge in [-0.1, -0.05) is 0 Å². The minimum atomic E-state index is -0.594. The number of nitrogens with one attached hydrogen (secondary N) is 1. The Kier molecular flexibility index (Phi) is 8.50. The van der Waals surface area contributed by atoms with Crippen molar-refractivity contribution in [2.45, 2.75) is 25.3 Å². The highest BCUT2D eigenvalue weighted by molar-refractivity contribution is 5.90. The van der Waals surface area contributed by atoms with Gasteiger partial charge in [-0.25, -0.2) is 0 Å². The number of ketones is 1. The predicted molar refractivity (Wildman–Crippen MR) is 69.6 cm³/mol. The van der Waals surface area contributed by atoms with Crippen LogP contribution in [-0.2, 0) is 9.59 Å². The summed E-state index contributed by atoms with van der Waals surface area (Å²) in [4.78, 5) is 26.7. The molecule has 1 atom stereocenters. The molecule has 0 aromatic heterocycles. The lowest BCUT2D eigenvalue weighted by atomic mass is 10.1. The van der Waals surface area contributed by atoms with E-state index in [1.807, 2.05) is 0 Å². The molecule has 0 saturated heterocycles. The number of hydrogen-bond acceptors (Lipinski definition) is 5. The van der Waals surface area contributed by atoms with Crippen molar-refractivity contribution in [1.82, 2.24) is 5.32 Å². The molecule has 0 aliphatic carbocycles. The average molecular weight is 258 g/mol. The number of nitrogens with two attached hydrogens (primary N) is 4. The van der Waals surface area contributed by atoms with E-state index in [9.17, 15) is 9.59 Å². The standard InChI is InChI=1S/C10H22N6O2/c11-4-3-9(18)16-7(8(17)6-12)2-1-5-15-10(13)14/h7H,1-6,11-12H2,(H,16,18)(H4,13,14,15). The van der Waals surface area contributed by atoms with Gasteiger partial charge in [0.2, 0.25) is 5.91 Å². The molecule has 0 rings (SSSR count). The minimum Gasteiger partial charge on any atom is -0.370 e. The van der Waals surface area contributed by atoms with Gasteiger partial charge in [0.1, 0.15) is 0 Å². The first kappa shape index (κ1) is 16.3. The van der Waals surface area contributed by atoms with E-state index >= 15 is 0 Å². The summed E-state index contributed by atoms with van der Waals surface area (Å²) in [5.74, 6) is -0.472. The van der Waals surface area contributed by atoms with Crippen LogP contribution in [0.15, 0.2) is 4.99 Å². The lowest BCUT2D eigenvalue weighted by Gasteiger charge is -2.16. The smallest absolute Gasteiger partial charge is 0.221 e. The molecule has 0 aliphatic heterocycles. The van der Waals surface area contributed by atoms with Gasteiger partial charge in [0.25, 0.3) is 0 Å². The molecule has 0 aromatic rings. The van der Waals surface area contributed by atoms with Crippen LogP contribution in [0, 0.1) is 0 Å². The van der Waals surface area contributed by atoms with Crippen LogP contribution >= 0.6 is 0 Å². The third-order valence-electron chi connectivity index (χ3n) is 2.24. The molecule has 0 fully saturated rings. The number of carbonyl (C=O) groups is 2. The molecule has 1 amide bonds. The monoisotopic (exact) mass is 258 g/mol. The Hall–Kier alpha value is -1.67. The maximum absolute atomic E-state index is 11.5. The molecule has 0 heterocycles. The SMILES string of the molecule is NCCC(=O)NC(CCCN=C(N)N)C(=O)CN. The van der Waals surface area contributed by atoms with Gasteiger partial charge in [-0.2, -0.15) is 0 Å². The second-order valence-corrected chi connectivity index (χ2v) is 3.78. The summed E-state index contributed by atoms with van der Waals surface area (Å²) in [6.07, 6.45) is 1.21. The van der Waals surface area contributed by atoms with Crippen molar-refractivity contribution in [2.24, 2.45) is 27.9 Å². The number of aliphatic imine (C=N–C) groups is 1. The van der Waals surface area contributed by atoms with Crippen LogP contribution in [0.2, 0.25) is 0 Å². The van der Waals surface area contributed by atoms with Crippen molar-refractivity contribution in [3.63, 3.8) is 0 Å². The Morgan fingerprint density at radius 1 is 1.22 bits per heavy atom. The Labute approximate surface area is 106 Å². The summed E-state index contributed by atoms with van der Waals surface area (Å²) in [6, 6.07) is -0.594. The van der Waals surface area contributed by atoms with Gasteiger partial charge in [0, 0.05) is 19.5 Å². The normalized spacial score (nSPS) is 11.7. The third-order valence-corrected chi connectivity index (χ3v) is 2.24. The van der Waals surface area contributed by atoms with Gasteiger partial charge in [0.05, 0.1) is 12.6 Å². The summed E-state index contributed by atoms with van der Waals surface area (Å²) in [6.45, 7) is 0.530.